The Morgan fingerprint density at radius 2 is 2.20 bits per heavy atom. The third-order valence-electron chi connectivity index (χ3n) is 3.67. The maximum absolute atomic E-state index is 6.15. The lowest BCUT2D eigenvalue weighted by Crippen LogP contribution is -2.26. The SMILES string of the molecule is CCNCC(OCC1CCOCC1)c1cccc(Cl)c1. The van der Waals surface area contributed by atoms with Crippen molar-refractivity contribution in [1.29, 1.82) is 0 Å². The van der Waals surface area contributed by atoms with Gasteiger partial charge in [-0.3, -0.25) is 0 Å². The number of hydrogen-bond acceptors (Lipinski definition) is 3. The quantitative estimate of drug-likeness (QED) is 0.836. The first-order valence-corrected chi connectivity index (χ1v) is 7.83. The van der Waals surface area contributed by atoms with E-state index in [2.05, 4.69) is 18.3 Å². The zero-order valence-corrected chi connectivity index (χ0v) is 12.9. The fraction of sp³-hybridized carbons (Fsp3) is 0.625. The molecule has 1 fully saturated rings. The molecule has 1 unspecified atom stereocenters. The molecule has 0 bridgehead atoms. The molecule has 20 heavy (non-hydrogen) atoms. The predicted molar refractivity (Wildman–Crippen MR) is 82.2 cm³/mol. The van der Waals surface area contributed by atoms with Gasteiger partial charge >= 0.3 is 0 Å². The van der Waals surface area contributed by atoms with Crippen LogP contribution in [0.25, 0.3) is 0 Å². The molecule has 1 heterocycles. The van der Waals surface area contributed by atoms with E-state index in [4.69, 9.17) is 21.1 Å². The van der Waals surface area contributed by atoms with Gasteiger partial charge in [0.1, 0.15) is 0 Å². The first kappa shape index (κ1) is 15.8. The maximum atomic E-state index is 6.15. The average Bonchev–Trinajstić information content (AvgIpc) is 2.48. The van der Waals surface area contributed by atoms with Gasteiger partial charge in [0.15, 0.2) is 0 Å². The number of halogens is 1. The molecule has 3 nitrogen and oxygen atoms in total. The molecule has 112 valence electrons. The van der Waals surface area contributed by atoms with E-state index in [9.17, 15) is 0 Å². The number of nitrogens with one attached hydrogen (secondary N) is 1. The fourth-order valence-corrected chi connectivity index (χ4v) is 2.62. The van der Waals surface area contributed by atoms with Gasteiger partial charge in [-0.1, -0.05) is 30.7 Å². The highest BCUT2D eigenvalue weighted by Crippen LogP contribution is 2.23. The Kier molecular flexibility index (Phi) is 6.80. The second kappa shape index (κ2) is 8.63. The van der Waals surface area contributed by atoms with Crippen LogP contribution in [0.4, 0.5) is 0 Å². The number of likely N-dealkylation sites (N-methyl/N-ethyl adjacent to an activating group) is 1. The van der Waals surface area contributed by atoms with E-state index in [1.165, 1.54) is 0 Å². The lowest BCUT2D eigenvalue weighted by molar-refractivity contribution is -0.0112. The third kappa shape index (κ3) is 5.06. The van der Waals surface area contributed by atoms with Crippen LogP contribution in [0.2, 0.25) is 5.02 Å². The number of rotatable bonds is 7. The number of benzene rings is 1. The van der Waals surface area contributed by atoms with Crippen LogP contribution in [-0.2, 0) is 9.47 Å². The predicted octanol–water partition coefficient (Wildman–Crippen LogP) is 3.43. The Morgan fingerprint density at radius 3 is 2.90 bits per heavy atom. The first-order chi connectivity index (χ1) is 9.79. The van der Waals surface area contributed by atoms with Crippen LogP contribution in [0, 0.1) is 5.92 Å². The fourth-order valence-electron chi connectivity index (χ4n) is 2.42. The summed E-state index contributed by atoms with van der Waals surface area (Å²) < 4.78 is 11.5. The van der Waals surface area contributed by atoms with Gasteiger partial charge in [0.05, 0.1) is 12.7 Å². The summed E-state index contributed by atoms with van der Waals surface area (Å²) in [6.07, 6.45) is 2.27. The molecule has 1 atom stereocenters. The van der Waals surface area contributed by atoms with Crippen molar-refractivity contribution in [3.05, 3.63) is 34.9 Å². The normalized spacial score (nSPS) is 18.1. The smallest absolute Gasteiger partial charge is 0.0949 e. The van der Waals surface area contributed by atoms with Crippen molar-refractivity contribution in [2.24, 2.45) is 5.92 Å². The van der Waals surface area contributed by atoms with Crippen LogP contribution in [0.15, 0.2) is 24.3 Å². The van der Waals surface area contributed by atoms with E-state index in [-0.39, 0.29) is 6.10 Å². The molecule has 1 aromatic rings. The minimum atomic E-state index is 0.0662. The van der Waals surface area contributed by atoms with Crippen molar-refractivity contribution >= 4 is 11.6 Å². The van der Waals surface area contributed by atoms with Crippen molar-refractivity contribution in [2.45, 2.75) is 25.9 Å². The van der Waals surface area contributed by atoms with E-state index in [1.54, 1.807) is 0 Å². The van der Waals surface area contributed by atoms with Gasteiger partial charge in [0, 0.05) is 24.8 Å². The lowest BCUT2D eigenvalue weighted by Gasteiger charge is -2.25. The van der Waals surface area contributed by atoms with Gasteiger partial charge in [-0.2, -0.15) is 0 Å². The van der Waals surface area contributed by atoms with E-state index in [0.717, 1.165) is 56.3 Å². The van der Waals surface area contributed by atoms with E-state index in [0.29, 0.717) is 5.92 Å². The van der Waals surface area contributed by atoms with Gasteiger partial charge in [-0.25, -0.2) is 0 Å². The van der Waals surface area contributed by atoms with Crippen LogP contribution in [0.5, 0.6) is 0 Å². The Labute approximate surface area is 126 Å². The first-order valence-electron chi connectivity index (χ1n) is 7.45. The summed E-state index contributed by atoms with van der Waals surface area (Å²) in [6, 6.07) is 7.95. The van der Waals surface area contributed by atoms with Gasteiger partial charge in [-0.05, 0) is 43.0 Å². The van der Waals surface area contributed by atoms with Gasteiger partial charge in [0.2, 0.25) is 0 Å². The summed E-state index contributed by atoms with van der Waals surface area (Å²) in [4.78, 5) is 0. The molecule has 1 aliphatic rings. The molecular formula is C16H24ClNO2. The van der Waals surface area contributed by atoms with Crippen LogP contribution >= 0.6 is 11.6 Å². The Bertz CT molecular complexity index is 394. The maximum Gasteiger partial charge on any atom is 0.0949 e. The summed E-state index contributed by atoms with van der Waals surface area (Å²) in [6.45, 7) is 6.39. The van der Waals surface area contributed by atoms with Crippen LogP contribution in [-0.4, -0.2) is 32.9 Å². The van der Waals surface area contributed by atoms with Gasteiger partial charge in [-0.15, -0.1) is 0 Å². The monoisotopic (exact) mass is 297 g/mol. The highest BCUT2D eigenvalue weighted by Gasteiger charge is 2.18. The molecular weight excluding hydrogens is 274 g/mol. The summed E-state index contributed by atoms with van der Waals surface area (Å²) in [5, 5.41) is 4.12. The highest BCUT2D eigenvalue weighted by molar-refractivity contribution is 6.30. The topological polar surface area (TPSA) is 30.5 Å². The minimum absolute atomic E-state index is 0.0662. The molecule has 2 rings (SSSR count). The zero-order valence-electron chi connectivity index (χ0n) is 12.1. The van der Waals surface area contributed by atoms with Crippen molar-refractivity contribution in [3.63, 3.8) is 0 Å². The largest absolute Gasteiger partial charge is 0.381 e. The van der Waals surface area contributed by atoms with E-state index in [1.807, 2.05) is 18.2 Å². The molecule has 0 aromatic heterocycles. The van der Waals surface area contributed by atoms with Crippen molar-refractivity contribution in [2.75, 3.05) is 32.9 Å². The average molecular weight is 298 g/mol. The summed E-state index contributed by atoms with van der Waals surface area (Å²) >= 11 is 6.08. The zero-order chi connectivity index (χ0) is 14.2. The summed E-state index contributed by atoms with van der Waals surface area (Å²) in [5.74, 6) is 0.618. The van der Waals surface area contributed by atoms with E-state index >= 15 is 0 Å². The molecule has 4 heteroatoms. The third-order valence-corrected chi connectivity index (χ3v) is 3.91. The molecule has 1 saturated heterocycles. The minimum Gasteiger partial charge on any atom is -0.381 e. The van der Waals surface area contributed by atoms with Crippen LogP contribution < -0.4 is 5.32 Å². The Hall–Kier alpha value is -0.610. The lowest BCUT2D eigenvalue weighted by atomic mass is 10.0. The molecule has 0 amide bonds. The molecule has 0 aliphatic carbocycles. The molecule has 1 aliphatic heterocycles. The van der Waals surface area contributed by atoms with E-state index < -0.39 is 0 Å². The highest BCUT2D eigenvalue weighted by atomic mass is 35.5. The molecule has 0 radical (unpaired) electrons. The molecule has 0 saturated carbocycles. The number of ether oxygens (including phenoxy) is 2. The Morgan fingerprint density at radius 1 is 1.40 bits per heavy atom. The molecule has 1 aromatic carbocycles. The van der Waals surface area contributed by atoms with Gasteiger partial charge < -0.3 is 14.8 Å². The second-order valence-electron chi connectivity index (χ2n) is 5.24. The number of hydrogen-bond donors (Lipinski definition) is 1. The van der Waals surface area contributed by atoms with Gasteiger partial charge in [0.25, 0.3) is 0 Å². The second-order valence-corrected chi connectivity index (χ2v) is 5.68. The standard InChI is InChI=1S/C16H24ClNO2/c1-2-18-11-16(14-4-3-5-15(17)10-14)20-12-13-6-8-19-9-7-13/h3-5,10,13,16,18H,2,6-9,11-12H2,1H3. The van der Waals surface area contributed by atoms with Crippen LogP contribution in [0.1, 0.15) is 31.4 Å². The van der Waals surface area contributed by atoms with Crippen LogP contribution in [0.3, 0.4) is 0 Å². The summed E-state index contributed by atoms with van der Waals surface area (Å²) in [7, 11) is 0. The molecule has 0 spiro atoms. The van der Waals surface area contributed by atoms with Crippen molar-refractivity contribution in [3.8, 4) is 0 Å². The Balaban J connectivity index is 1.92. The van der Waals surface area contributed by atoms with Crippen molar-refractivity contribution < 1.29 is 9.47 Å². The molecule has 1 N–H and O–H groups in total. The van der Waals surface area contributed by atoms with Crippen molar-refractivity contribution in [1.82, 2.24) is 5.32 Å². The summed E-state index contributed by atoms with van der Waals surface area (Å²) in [5.41, 5.74) is 1.14.